The Balaban J connectivity index is 2.37. The Bertz CT molecular complexity index is 373. The maximum atomic E-state index is 12.4. The van der Waals surface area contributed by atoms with E-state index in [0.717, 1.165) is 24.4 Å². The normalized spacial score (nSPS) is 15.1. The van der Waals surface area contributed by atoms with Gasteiger partial charge >= 0.3 is 6.18 Å². The van der Waals surface area contributed by atoms with Crippen molar-refractivity contribution in [2.45, 2.75) is 13.1 Å². The molecule has 0 spiro atoms. The molecular weight excluding hydrogens is 205 g/mol. The van der Waals surface area contributed by atoms with Crippen molar-refractivity contribution in [2.75, 3.05) is 23.4 Å². The van der Waals surface area contributed by atoms with Crippen molar-refractivity contribution in [3.63, 3.8) is 0 Å². The first kappa shape index (κ1) is 10.1. The number of halogens is 3. The average molecular weight is 216 g/mol. The summed E-state index contributed by atoms with van der Waals surface area (Å²) in [6.45, 7) is 3.33. The molecule has 1 aromatic carbocycles. The lowest BCUT2D eigenvalue weighted by atomic mass is 10.1. The number of rotatable bonds is 1. The third-order valence-corrected chi connectivity index (χ3v) is 2.51. The van der Waals surface area contributed by atoms with Crippen LogP contribution in [0.2, 0.25) is 0 Å². The highest BCUT2D eigenvalue weighted by Gasteiger charge is 2.32. The second-order valence-electron chi connectivity index (χ2n) is 3.42. The molecule has 0 aliphatic carbocycles. The lowest BCUT2D eigenvalue weighted by Crippen LogP contribution is -2.21. The third kappa shape index (κ3) is 1.73. The Morgan fingerprint density at radius 1 is 1.40 bits per heavy atom. The van der Waals surface area contributed by atoms with Gasteiger partial charge < -0.3 is 10.2 Å². The summed E-state index contributed by atoms with van der Waals surface area (Å²) in [6.07, 6.45) is -4.27. The monoisotopic (exact) mass is 216 g/mol. The highest BCUT2D eigenvalue weighted by molar-refractivity contribution is 5.75. The van der Waals surface area contributed by atoms with Crippen molar-refractivity contribution in [3.8, 4) is 0 Å². The van der Waals surface area contributed by atoms with Crippen molar-refractivity contribution < 1.29 is 13.2 Å². The van der Waals surface area contributed by atoms with Crippen molar-refractivity contribution in [3.05, 3.63) is 23.8 Å². The van der Waals surface area contributed by atoms with Crippen LogP contribution in [0.4, 0.5) is 24.5 Å². The maximum Gasteiger partial charge on any atom is 0.416 e. The molecule has 15 heavy (non-hydrogen) atoms. The van der Waals surface area contributed by atoms with Gasteiger partial charge in [-0.3, -0.25) is 0 Å². The van der Waals surface area contributed by atoms with Gasteiger partial charge in [0.25, 0.3) is 0 Å². The number of hydrogen-bond donors (Lipinski definition) is 1. The molecule has 1 heterocycles. The van der Waals surface area contributed by atoms with Gasteiger partial charge in [0.15, 0.2) is 0 Å². The molecule has 1 aromatic rings. The highest BCUT2D eigenvalue weighted by atomic mass is 19.4. The minimum Gasteiger partial charge on any atom is -0.366 e. The summed E-state index contributed by atoms with van der Waals surface area (Å²) < 4.78 is 37.2. The van der Waals surface area contributed by atoms with Crippen LogP contribution in [0.5, 0.6) is 0 Å². The van der Waals surface area contributed by atoms with Crippen LogP contribution < -0.4 is 10.2 Å². The molecule has 0 unspecified atom stereocenters. The van der Waals surface area contributed by atoms with Crippen molar-refractivity contribution in [1.82, 2.24) is 0 Å². The van der Waals surface area contributed by atoms with E-state index in [0.29, 0.717) is 12.4 Å². The fourth-order valence-corrected chi connectivity index (χ4v) is 1.68. The van der Waals surface area contributed by atoms with Crippen LogP contribution in [-0.2, 0) is 6.18 Å². The summed E-state index contributed by atoms with van der Waals surface area (Å²) in [5.74, 6) is 0. The summed E-state index contributed by atoms with van der Waals surface area (Å²) in [6, 6.07) is 3.79. The Morgan fingerprint density at radius 3 is 2.73 bits per heavy atom. The van der Waals surface area contributed by atoms with Gasteiger partial charge in [0.05, 0.1) is 23.6 Å². The van der Waals surface area contributed by atoms with Crippen LogP contribution in [0.15, 0.2) is 18.2 Å². The molecule has 0 bridgehead atoms. The Morgan fingerprint density at radius 2 is 2.13 bits per heavy atom. The van der Waals surface area contributed by atoms with Gasteiger partial charge in [-0.2, -0.15) is 13.2 Å². The van der Waals surface area contributed by atoms with Gasteiger partial charge in [0.1, 0.15) is 0 Å². The smallest absolute Gasteiger partial charge is 0.366 e. The molecule has 0 amide bonds. The van der Waals surface area contributed by atoms with Gasteiger partial charge in [-0.1, -0.05) is 0 Å². The molecule has 0 radical (unpaired) electrons. The lowest BCUT2D eigenvalue weighted by molar-refractivity contribution is -0.137. The molecule has 2 nitrogen and oxygen atoms in total. The fourth-order valence-electron chi connectivity index (χ4n) is 1.68. The zero-order valence-corrected chi connectivity index (χ0v) is 8.23. The molecule has 0 fully saturated rings. The van der Waals surface area contributed by atoms with Crippen LogP contribution in [0.1, 0.15) is 12.5 Å². The summed E-state index contributed by atoms with van der Waals surface area (Å²) in [4.78, 5) is 1.98. The largest absolute Gasteiger partial charge is 0.416 e. The first-order valence-electron chi connectivity index (χ1n) is 4.72. The zero-order chi connectivity index (χ0) is 11.1. The lowest BCUT2D eigenvalue weighted by Gasteiger charge is -2.15. The number of fused-ring (bicyclic) bond motifs is 1. The van der Waals surface area contributed by atoms with Gasteiger partial charge in [-0.25, -0.2) is 0 Å². The van der Waals surface area contributed by atoms with Crippen molar-refractivity contribution >= 4 is 11.4 Å². The number of benzene rings is 1. The van der Waals surface area contributed by atoms with Gasteiger partial charge in [-0.05, 0) is 25.1 Å². The fraction of sp³-hybridized carbons (Fsp3) is 0.400. The molecule has 82 valence electrons. The molecular formula is C10H11F3N2. The van der Waals surface area contributed by atoms with E-state index in [1.165, 1.54) is 6.07 Å². The van der Waals surface area contributed by atoms with E-state index < -0.39 is 11.7 Å². The zero-order valence-electron chi connectivity index (χ0n) is 8.23. The first-order chi connectivity index (χ1) is 7.02. The topological polar surface area (TPSA) is 15.3 Å². The molecule has 1 aliphatic rings. The molecule has 0 saturated carbocycles. The third-order valence-electron chi connectivity index (χ3n) is 2.51. The molecule has 5 heteroatoms. The van der Waals surface area contributed by atoms with Gasteiger partial charge in [-0.15, -0.1) is 0 Å². The average Bonchev–Trinajstić information content (AvgIpc) is 2.58. The number of hydrogen-bond acceptors (Lipinski definition) is 2. The molecule has 1 aliphatic heterocycles. The van der Waals surface area contributed by atoms with Crippen LogP contribution in [0.3, 0.4) is 0 Å². The number of alkyl halides is 3. The van der Waals surface area contributed by atoms with Crippen molar-refractivity contribution in [2.24, 2.45) is 0 Å². The SMILES string of the molecule is CCN1CNc2cc(C(F)(F)F)ccc21. The summed E-state index contributed by atoms with van der Waals surface area (Å²) in [7, 11) is 0. The first-order valence-corrected chi connectivity index (χ1v) is 4.72. The summed E-state index contributed by atoms with van der Waals surface area (Å²) in [5.41, 5.74) is 0.795. The molecule has 1 N–H and O–H groups in total. The molecule has 0 aromatic heterocycles. The van der Waals surface area contributed by atoms with E-state index in [9.17, 15) is 13.2 Å². The maximum absolute atomic E-state index is 12.4. The number of nitrogens with zero attached hydrogens (tertiary/aromatic N) is 1. The van der Waals surface area contributed by atoms with E-state index in [2.05, 4.69) is 5.32 Å². The van der Waals surface area contributed by atoms with E-state index in [1.54, 1.807) is 0 Å². The van der Waals surface area contributed by atoms with Gasteiger partial charge in [0.2, 0.25) is 0 Å². The van der Waals surface area contributed by atoms with Crippen LogP contribution >= 0.6 is 0 Å². The van der Waals surface area contributed by atoms with Gasteiger partial charge in [0, 0.05) is 6.54 Å². The van der Waals surface area contributed by atoms with Crippen LogP contribution in [-0.4, -0.2) is 13.2 Å². The second kappa shape index (κ2) is 3.32. The van der Waals surface area contributed by atoms with E-state index in [4.69, 9.17) is 0 Å². The predicted molar refractivity (Wildman–Crippen MR) is 53.0 cm³/mol. The Hall–Kier alpha value is -1.39. The van der Waals surface area contributed by atoms with E-state index in [1.807, 2.05) is 11.8 Å². The number of anilines is 2. The number of nitrogens with one attached hydrogen (secondary N) is 1. The van der Waals surface area contributed by atoms with Crippen LogP contribution in [0.25, 0.3) is 0 Å². The Kier molecular flexibility index (Phi) is 2.25. The quantitative estimate of drug-likeness (QED) is 0.776. The highest BCUT2D eigenvalue weighted by Crippen LogP contribution is 2.37. The molecule has 2 rings (SSSR count). The minimum atomic E-state index is -4.27. The second-order valence-corrected chi connectivity index (χ2v) is 3.42. The molecule has 0 saturated heterocycles. The van der Waals surface area contributed by atoms with E-state index >= 15 is 0 Å². The Labute approximate surface area is 85.7 Å². The van der Waals surface area contributed by atoms with E-state index in [-0.39, 0.29) is 0 Å². The minimum absolute atomic E-state index is 0.562. The molecule has 0 atom stereocenters. The van der Waals surface area contributed by atoms with Crippen molar-refractivity contribution in [1.29, 1.82) is 0 Å². The summed E-state index contributed by atoms with van der Waals surface area (Å²) >= 11 is 0. The standard InChI is InChI=1S/C10H11F3N2/c1-2-15-6-14-8-5-7(10(11,12)13)3-4-9(8)15/h3-5,14H,2,6H2,1H3. The summed E-state index contributed by atoms with van der Waals surface area (Å²) in [5, 5.41) is 2.94. The van der Waals surface area contributed by atoms with Crippen LogP contribution in [0, 0.1) is 0 Å². The predicted octanol–water partition coefficient (Wildman–Crippen LogP) is 2.91.